The van der Waals surface area contributed by atoms with E-state index in [9.17, 15) is 4.79 Å². The Kier molecular flexibility index (Phi) is 6.77. The van der Waals surface area contributed by atoms with Crippen molar-refractivity contribution in [2.45, 2.75) is 32.1 Å². The van der Waals surface area contributed by atoms with E-state index in [4.69, 9.17) is 11.6 Å². The van der Waals surface area contributed by atoms with E-state index in [2.05, 4.69) is 10.2 Å². The van der Waals surface area contributed by atoms with E-state index < -0.39 is 0 Å². The van der Waals surface area contributed by atoms with Gasteiger partial charge in [-0.15, -0.1) is 11.6 Å². The van der Waals surface area contributed by atoms with Gasteiger partial charge in [0.1, 0.15) is 0 Å². The third-order valence-electron chi connectivity index (χ3n) is 2.74. The lowest BCUT2D eigenvalue weighted by molar-refractivity contribution is -0.121. The number of halogens is 1. The highest BCUT2D eigenvalue weighted by Gasteiger charge is 2.10. The Morgan fingerprint density at radius 3 is 2.67 bits per heavy atom. The van der Waals surface area contributed by atoms with Gasteiger partial charge in [-0.2, -0.15) is 0 Å². The van der Waals surface area contributed by atoms with Crippen molar-refractivity contribution in [2.75, 3.05) is 32.1 Å². The van der Waals surface area contributed by atoms with Crippen molar-refractivity contribution in [2.24, 2.45) is 0 Å². The van der Waals surface area contributed by atoms with Crippen LogP contribution in [0.25, 0.3) is 0 Å². The van der Waals surface area contributed by atoms with Crippen molar-refractivity contribution in [3.8, 4) is 0 Å². The van der Waals surface area contributed by atoms with E-state index in [-0.39, 0.29) is 5.91 Å². The number of alkyl halides is 1. The normalized spacial score (nSPS) is 16.9. The second kappa shape index (κ2) is 7.94. The van der Waals surface area contributed by atoms with Gasteiger partial charge in [-0.1, -0.05) is 0 Å². The van der Waals surface area contributed by atoms with Crippen LogP contribution in [0.1, 0.15) is 32.1 Å². The number of amides is 1. The summed E-state index contributed by atoms with van der Waals surface area (Å²) in [4.78, 5) is 13.7. The van der Waals surface area contributed by atoms with Crippen molar-refractivity contribution in [1.82, 2.24) is 10.2 Å². The number of unbranched alkanes of at least 4 members (excludes halogenated alkanes) is 1. The summed E-state index contributed by atoms with van der Waals surface area (Å²) in [6, 6.07) is 0. The average Bonchev–Trinajstić information content (AvgIpc) is 2.71. The summed E-state index contributed by atoms with van der Waals surface area (Å²) in [6.07, 6.45) is 5.07. The van der Waals surface area contributed by atoms with Gasteiger partial charge < -0.3 is 10.2 Å². The molecule has 0 aromatic rings. The zero-order valence-electron chi connectivity index (χ0n) is 9.30. The van der Waals surface area contributed by atoms with Crippen LogP contribution in [0.2, 0.25) is 0 Å². The summed E-state index contributed by atoms with van der Waals surface area (Å²) in [5.74, 6) is 0.820. The monoisotopic (exact) mass is 232 g/mol. The molecule has 1 aliphatic heterocycles. The number of rotatable bonds is 7. The van der Waals surface area contributed by atoms with E-state index in [0.29, 0.717) is 12.3 Å². The van der Waals surface area contributed by atoms with Crippen LogP contribution < -0.4 is 5.32 Å². The fourth-order valence-electron chi connectivity index (χ4n) is 1.83. The molecule has 0 bridgehead atoms. The molecule has 0 unspecified atom stereocenters. The first-order chi connectivity index (χ1) is 7.33. The third-order valence-corrected chi connectivity index (χ3v) is 3.00. The Morgan fingerprint density at radius 1 is 1.27 bits per heavy atom. The van der Waals surface area contributed by atoms with Crippen LogP contribution >= 0.6 is 11.6 Å². The zero-order chi connectivity index (χ0) is 10.9. The second-order valence-corrected chi connectivity index (χ2v) is 4.42. The summed E-state index contributed by atoms with van der Waals surface area (Å²) < 4.78 is 0. The van der Waals surface area contributed by atoms with Gasteiger partial charge in [-0.3, -0.25) is 4.79 Å². The maximum absolute atomic E-state index is 11.3. The van der Waals surface area contributed by atoms with Crippen molar-refractivity contribution < 1.29 is 4.79 Å². The van der Waals surface area contributed by atoms with E-state index in [1.807, 2.05) is 0 Å². The molecule has 3 nitrogen and oxygen atoms in total. The van der Waals surface area contributed by atoms with Crippen LogP contribution in [0, 0.1) is 0 Å². The van der Waals surface area contributed by atoms with Crippen LogP contribution in [0.3, 0.4) is 0 Å². The first-order valence-corrected chi connectivity index (χ1v) is 6.41. The van der Waals surface area contributed by atoms with E-state index >= 15 is 0 Å². The van der Waals surface area contributed by atoms with Gasteiger partial charge in [0.05, 0.1) is 0 Å². The topological polar surface area (TPSA) is 32.3 Å². The fraction of sp³-hybridized carbons (Fsp3) is 0.909. The maximum atomic E-state index is 11.3. The molecular weight excluding hydrogens is 212 g/mol. The van der Waals surface area contributed by atoms with Gasteiger partial charge in [-0.25, -0.2) is 0 Å². The molecule has 4 heteroatoms. The summed E-state index contributed by atoms with van der Waals surface area (Å²) in [5.41, 5.74) is 0. The van der Waals surface area contributed by atoms with Crippen LogP contribution in [0.5, 0.6) is 0 Å². The smallest absolute Gasteiger partial charge is 0.220 e. The summed E-state index contributed by atoms with van der Waals surface area (Å²) >= 11 is 5.54. The minimum absolute atomic E-state index is 0.166. The molecule has 1 saturated heterocycles. The number of hydrogen-bond acceptors (Lipinski definition) is 2. The molecule has 0 atom stereocenters. The van der Waals surface area contributed by atoms with Gasteiger partial charge in [-0.05, 0) is 38.8 Å². The molecule has 0 aliphatic carbocycles. The number of carbonyl (C=O) groups excluding carboxylic acids is 1. The van der Waals surface area contributed by atoms with Crippen LogP contribution in [-0.2, 0) is 4.79 Å². The Balaban J connectivity index is 1.91. The lowest BCUT2D eigenvalue weighted by Gasteiger charge is -2.14. The molecule has 1 N–H and O–H groups in total. The van der Waals surface area contributed by atoms with Crippen LogP contribution in [0.15, 0.2) is 0 Å². The van der Waals surface area contributed by atoms with Gasteiger partial charge in [0.25, 0.3) is 0 Å². The highest BCUT2D eigenvalue weighted by atomic mass is 35.5. The molecule has 1 fully saturated rings. The minimum Gasteiger partial charge on any atom is -0.355 e. The van der Waals surface area contributed by atoms with E-state index in [0.717, 1.165) is 25.9 Å². The zero-order valence-corrected chi connectivity index (χ0v) is 10.1. The van der Waals surface area contributed by atoms with Crippen molar-refractivity contribution in [1.29, 1.82) is 0 Å². The number of likely N-dealkylation sites (tertiary alicyclic amines) is 1. The molecule has 1 heterocycles. The SMILES string of the molecule is O=C(CCCCCl)NCCN1CCCC1. The Bertz CT molecular complexity index is 181. The van der Waals surface area contributed by atoms with Gasteiger partial charge in [0.2, 0.25) is 5.91 Å². The summed E-state index contributed by atoms with van der Waals surface area (Å²) in [6.45, 7) is 4.19. The second-order valence-electron chi connectivity index (χ2n) is 4.04. The standard InChI is InChI=1S/C11H21ClN2O/c12-6-2-1-5-11(15)13-7-10-14-8-3-4-9-14/h1-10H2,(H,13,15). The molecule has 1 amide bonds. The number of carbonyl (C=O) groups is 1. The van der Waals surface area contributed by atoms with Crippen LogP contribution in [-0.4, -0.2) is 42.9 Å². The molecule has 0 aromatic heterocycles. The number of hydrogen-bond donors (Lipinski definition) is 1. The van der Waals surface area contributed by atoms with Crippen molar-refractivity contribution >= 4 is 17.5 Å². The molecular formula is C11H21ClN2O. The van der Waals surface area contributed by atoms with Gasteiger partial charge >= 0.3 is 0 Å². The Hall–Kier alpha value is -0.280. The van der Waals surface area contributed by atoms with Crippen molar-refractivity contribution in [3.05, 3.63) is 0 Å². The van der Waals surface area contributed by atoms with Crippen molar-refractivity contribution in [3.63, 3.8) is 0 Å². The molecule has 1 rings (SSSR count). The third kappa shape index (κ3) is 6.00. The highest BCUT2D eigenvalue weighted by Crippen LogP contribution is 2.05. The van der Waals surface area contributed by atoms with Crippen LogP contribution in [0.4, 0.5) is 0 Å². The Labute approximate surface area is 97.2 Å². The number of nitrogens with zero attached hydrogens (tertiary/aromatic N) is 1. The first-order valence-electron chi connectivity index (χ1n) is 5.88. The molecule has 0 spiro atoms. The maximum Gasteiger partial charge on any atom is 0.220 e. The largest absolute Gasteiger partial charge is 0.355 e. The van der Waals surface area contributed by atoms with Gasteiger partial charge in [0.15, 0.2) is 0 Å². The molecule has 0 radical (unpaired) electrons. The predicted octanol–water partition coefficient (Wildman–Crippen LogP) is 1.61. The summed E-state index contributed by atoms with van der Waals surface area (Å²) in [5, 5.41) is 2.94. The number of nitrogens with one attached hydrogen (secondary N) is 1. The molecule has 0 aromatic carbocycles. The molecule has 15 heavy (non-hydrogen) atoms. The lowest BCUT2D eigenvalue weighted by Crippen LogP contribution is -2.33. The lowest BCUT2D eigenvalue weighted by atomic mass is 10.2. The summed E-state index contributed by atoms with van der Waals surface area (Å²) in [7, 11) is 0. The quantitative estimate of drug-likeness (QED) is 0.534. The Morgan fingerprint density at radius 2 is 2.00 bits per heavy atom. The molecule has 0 saturated carbocycles. The molecule has 1 aliphatic rings. The minimum atomic E-state index is 0.166. The van der Waals surface area contributed by atoms with E-state index in [1.54, 1.807) is 0 Å². The average molecular weight is 233 g/mol. The highest BCUT2D eigenvalue weighted by molar-refractivity contribution is 6.17. The first kappa shape index (κ1) is 12.8. The van der Waals surface area contributed by atoms with Gasteiger partial charge in [0, 0.05) is 25.4 Å². The van der Waals surface area contributed by atoms with E-state index in [1.165, 1.54) is 25.9 Å². The predicted molar refractivity (Wildman–Crippen MR) is 63.3 cm³/mol. The molecule has 88 valence electrons. The fourth-order valence-corrected chi connectivity index (χ4v) is 2.02.